The van der Waals surface area contributed by atoms with Crippen LogP contribution in [0.1, 0.15) is 0 Å². The van der Waals surface area contributed by atoms with Gasteiger partial charge >= 0.3 is 5.69 Å². The van der Waals surface area contributed by atoms with Crippen LogP contribution in [0.15, 0.2) is 32.8 Å². The van der Waals surface area contributed by atoms with E-state index in [9.17, 15) is 24.1 Å². The molecule has 2 aromatic rings. The van der Waals surface area contributed by atoms with Gasteiger partial charge in [-0.2, -0.15) is 9.78 Å². The van der Waals surface area contributed by atoms with E-state index < -0.39 is 22.0 Å². The fraction of sp³-hybridized carbons (Fsp3) is 0.182. The maximum absolute atomic E-state index is 14.1. The monoisotopic (exact) mass is 312 g/mol. The molecule has 21 heavy (non-hydrogen) atoms. The van der Waals surface area contributed by atoms with Gasteiger partial charge < -0.3 is 0 Å². The summed E-state index contributed by atoms with van der Waals surface area (Å²) in [5.74, 6) is -0.849. The van der Waals surface area contributed by atoms with Gasteiger partial charge in [-0.15, -0.1) is 11.8 Å². The van der Waals surface area contributed by atoms with Crippen molar-refractivity contribution in [3.8, 4) is 5.69 Å². The van der Waals surface area contributed by atoms with Gasteiger partial charge in [0.2, 0.25) is 0 Å². The lowest BCUT2D eigenvalue weighted by Gasteiger charge is -2.08. The zero-order valence-electron chi connectivity index (χ0n) is 10.9. The Morgan fingerprint density at radius 1 is 1.38 bits per heavy atom. The zero-order chi connectivity index (χ0) is 15.7. The molecule has 1 aromatic carbocycles. The highest BCUT2D eigenvalue weighted by Crippen LogP contribution is 2.30. The molecule has 0 aliphatic rings. The van der Waals surface area contributed by atoms with Crippen molar-refractivity contribution in [3.63, 3.8) is 0 Å². The predicted molar refractivity (Wildman–Crippen MR) is 73.5 cm³/mol. The van der Waals surface area contributed by atoms with E-state index in [1.807, 2.05) is 0 Å². The van der Waals surface area contributed by atoms with Gasteiger partial charge in [-0.25, -0.2) is 9.18 Å². The van der Waals surface area contributed by atoms with Crippen LogP contribution in [-0.4, -0.2) is 25.5 Å². The molecular weight excluding hydrogens is 303 g/mol. The Morgan fingerprint density at radius 3 is 2.62 bits per heavy atom. The first-order valence-corrected chi connectivity index (χ1v) is 6.77. The van der Waals surface area contributed by atoms with Gasteiger partial charge in [0.05, 0.1) is 9.82 Å². The number of aromatic nitrogens is 3. The normalized spacial score (nSPS) is 10.6. The molecule has 8 nitrogen and oxygen atoms in total. The number of hydrogen-bond donors (Lipinski definition) is 0. The molecule has 1 aromatic heterocycles. The van der Waals surface area contributed by atoms with Gasteiger partial charge in [-0.05, 0) is 12.3 Å². The minimum Gasteiger partial charge on any atom is -0.267 e. The molecule has 1 heterocycles. The molecule has 0 unspecified atom stereocenters. The number of nitro groups is 1. The van der Waals surface area contributed by atoms with Crippen LogP contribution < -0.4 is 11.2 Å². The molecule has 0 N–H and O–H groups in total. The second-order valence-electron chi connectivity index (χ2n) is 3.97. The topological polar surface area (TPSA) is 100 Å². The largest absolute Gasteiger partial charge is 0.352 e. The Bertz CT molecular complexity index is 845. The standard InChI is InChI=1S/C11H9FN4O4S/c1-14-10(17)5-13-15(11(14)18)7-4-8(16(19)20)9(21-2)3-6(7)12/h3-5H,1-2H3. The van der Waals surface area contributed by atoms with Crippen molar-refractivity contribution < 1.29 is 9.31 Å². The molecule has 0 aliphatic heterocycles. The summed E-state index contributed by atoms with van der Waals surface area (Å²) in [6, 6.07) is 1.87. The van der Waals surface area contributed by atoms with Crippen LogP contribution in [0, 0.1) is 15.9 Å². The molecule has 10 heteroatoms. The highest BCUT2D eigenvalue weighted by atomic mass is 32.2. The van der Waals surface area contributed by atoms with Crippen molar-refractivity contribution in [2.24, 2.45) is 7.05 Å². The maximum Gasteiger partial charge on any atom is 0.352 e. The quantitative estimate of drug-likeness (QED) is 0.470. The minimum absolute atomic E-state index is 0.124. The van der Waals surface area contributed by atoms with E-state index in [-0.39, 0.29) is 16.3 Å². The zero-order valence-corrected chi connectivity index (χ0v) is 11.8. The molecule has 2 rings (SSSR count). The summed E-state index contributed by atoms with van der Waals surface area (Å²) in [6.07, 6.45) is 2.40. The third-order valence-corrected chi connectivity index (χ3v) is 3.52. The molecule has 0 saturated heterocycles. The number of nitrogens with zero attached hydrogens (tertiary/aromatic N) is 4. The second kappa shape index (κ2) is 5.48. The third kappa shape index (κ3) is 2.57. The fourth-order valence-electron chi connectivity index (χ4n) is 1.65. The molecule has 110 valence electrons. The maximum atomic E-state index is 14.1. The highest BCUT2D eigenvalue weighted by Gasteiger charge is 2.20. The number of nitro benzene ring substituents is 1. The lowest BCUT2D eigenvalue weighted by Crippen LogP contribution is -2.38. The van der Waals surface area contributed by atoms with E-state index in [1.165, 1.54) is 7.05 Å². The lowest BCUT2D eigenvalue weighted by atomic mass is 10.2. The Hall–Kier alpha value is -2.49. The second-order valence-corrected chi connectivity index (χ2v) is 4.82. The van der Waals surface area contributed by atoms with Gasteiger partial charge in [-0.1, -0.05) is 0 Å². The van der Waals surface area contributed by atoms with E-state index in [0.717, 1.165) is 34.7 Å². The number of halogens is 1. The summed E-state index contributed by atoms with van der Waals surface area (Å²) in [7, 11) is 1.20. The molecule has 0 spiro atoms. The molecular formula is C11H9FN4O4S. The summed E-state index contributed by atoms with van der Waals surface area (Å²) in [6.45, 7) is 0. The molecule has 0 atom stereocenters. The van der Waals surface area contributed by atoms with E-state index >= 15 is 0 Å². The molecule has 0 radical (unpaired) electrons. The van der Waals surface area contributed by atoms with Gasteiger partial charge in [0.25, 0.3) is 11.2 Å². The van der Waals surface area contributed by atoms with Crippen LogP contribution in [0.4, 0.5) is 10.1 Å². The first kappa shape index (κ1) is 14.9. The van der Waals surface area contributed by atoms with Crippen LogP contribution >= 0.6 is 11.8 Å². The third-order valence-electron chi connectivity index (χ3n) is 2.76. The summed E-state index contributed by atoms with van der Waals surface area (Å²) >= 11 is 1.01. The molecule has 0 saturated carbocycles. The van der Waals surface area contributed by atoms with Crippen LogP contribution in [0.2, 0.25) is 0 Å². The van der Waals surface area contributed by atoms with Crippen molar-refractivity contribution in [1.82, 2.24) is 14.3 Å². The van der Waals surface area contributed by atoms with Gasteiger partial charge in [-0.3, -0.25) is 19.5 Å². The first-order valence-electron chi connectivity index (χ1n) is 5.54. The number of rotatable bonds is 3. The van der Waals surface area contributed by atoms with E-state index in [1.54, 1.807) is 6.26 Å². The fourth-order valence-corrected chi connectivity index (χ4v) is 2.21. The minimum atomic E-state index is -0.896. The summed E-state index contributed by atoms with van der Waals surface area (Å²) in [5.41, 5.74) is -2.29. The Labute approximate surface area is 121 Å². The Balaban J connectivity index is 2.79. The van der Waals surface area contributed by atoms with Crippen LogP contribution in [0.3, 0.4) is 0 Å². The van der Waals surface area contributed by atoms with Crippen molar-refractivity contribution in [2.75, 3.05) is 6.26 Å². The van der Waals surface area contributed by atoms with Crippen LogP contribution in [0.25, 0.3) is 5.69 Å². The predicted octanol–water partition coefficient (Wildman–Crippen LogP) is 0.700. The highest BCUT2D eigenvalue weighted by molar-refractivity contribution is 7.98. The van der Waals surface area contributed by atoms with Gasteiger partial charge in [0, 0.05) is 13.1 Å². The van der Waals surface area contributed by atoms with E-state index in [0.29, 0.717) is 4.68 Å². The number of thioether (sulfide) groups is 1. The van der Waals surface area contributed by atoms with Gasteiger partial charge in [0.1, 0.15) is 11.9 Å². The van der Waals surface area contributed by atoms with Crippen molar-refractivity contribution >= 4 is 17.4 Å². The Morgan fingerprint density at radius 2 is 2.05 bits per heavy atom. The van der Waals surface area contributed by atoms with Crippen molar-refractivity contribution in [3.05, 3.63) is 55.1 Å². The van der Waals surface area contributed by atoms with Gasteiger partial charge in [0.15, 0.2) is 5.82 Å². The Kier molecular flexibility index (Phi) is 3.89. The average Bonchev–Trinajstić information content (AvgIpc) is 2.45. The average molecular weight is 312 g/mol. The number of hydrogen-bond acceptors (Lipinski definition) is 6. The summed E-state index contributed by atoms with van der Waals surface area (Å²) in [5, 5.41) is 14.5. The van der Waals surface area contributed by atoms with E-state index in [2.05, 4.69) is 5.10 Å². The number of benzene rings is 1. The van der Waals surface area contributed by atoms with E-state index in [4.69, 9.17) is 0 Å². The van der Waals surface area contributed by atoms with Crippen molar-refractivity contribution in [1.29, 1.82) is 0 Å². The molecule has 0 amide bonds. The SMILES string of the molecule is CSc1cc(F)c(-n2ncc(=O)n(C)c2=O)cc1[N+](=O)[O-]. The smallest absolute Gasteiger partial charge is 0.267 e. The molecule has 0 bridgehead atoms. The summed E-state index contributed by atoms with van der Waals surface area (Å²) < 4.78 is 15.4. The lowest BCUT2D eigenvalue weighted by molar-refractivity contribution is -0.387. The van der Waals surface area contributed by atoms with Crippen molar-refractivity contribution in [2.45, 2.75) is 4.90 Å². The van der Waals surface area contributed by atoms with Crippen LogP contribution in [0.5, 0.6) is 0 Å². The first-order chi connectivity index (χ1) is 9.86. The molecule has 0 fully saturated rings. The summed E-state index contributed by atoms with van der Waals surface area (Å²) in [4.78, 5) is 33.6. The molecule has 0 aliphatic carbocycles. The van der Waals surface area contributed by atoms with Crippen LogP contribution in [-0.2, 0) is 7.05 Å².